The summed E-state index contributed by atoms with van der Waals surface area (Å²) in [5.74, 6) is 0.768. The van der Waals surface area contributed by atoms with Crippen molar-refractivity contribution in [3.63, 3.8) is 0 Å². The molecule has 0 radical (unpaired) electrons. The van der Waals surface area contributed by atoms with E-state index in [9.17, 15) is 4.79 Å². The molecule has 0 aliphatic carbocycles. The number of amides is 1. The number of nitrogens with zero attached hydrogens (tertiary/aromatic N) is 4. The van der Waals surface area contributed by atoms with Crippen LogP contribution in [0, 0.1) is 6.92 Å². The Bertz CT molecular complexity index is 1130. The summed E-state index contributed by atoms with van der Waals surface area (Å²) in [6.45, 7) is 2.30. The third-order valence-corrected chi connectivity index (χ3v) is 5.86. The molecule has 1 fully saturated rings. The monoisotopic (exact) mass is 421 g/mol. The number of rotatable bonds is 4. The Balaban J connectivity index is 1.31. The van der Waals surface area contributed by atoms with Crippen LogP contribution in [0.4, 0.5) is 0 Å². The number of carbonyl (C=O) groups is 1. The highest BCUT2D eigenvalue weighted by atomic mass is 35.5. The van der Waals surface area contributed by atoms with E-state index >= 15 is 0 Å². The molecule has 8 heteroatoms. The molecular formula is C22H20ClN5O2. The Morgan fingerprint density at radius 1 is 1.17 bits per heavy atom. The van der Waals surface area contributed by atoms with Gasteiger partial charge < -0.3 is 14.4 Å². The van der Waals surface area contributed by atoms with Crippen LogP contribution in [0.5, 0.6) is 0 Å². The zero-order valence-corrected chi connectivity index (χ0v) is 17.1. The van der Waals surface area contributed by atoms with Crippen molar-refractivity contribution in [1.82, 2.24) is 25.5 Å². The summed E-state index contributed by atoms with van der Waals surface area (Å²) in [4.78, 5) is 19.1. The summed E-state index contributed by atoms with van der Waals surface area (Å²) in [5.41, 5.74) is 6.54. The lowest BCUT2D eigenvalue weighted by atomic mass is 9.97. The summed E-state index contributed by atoms with van der Waals surface area (Å²) in [7, 11) is 0. The van der Waals surface area contributed by atoms with Crippen LogP contribution in [-0.4, -0.2) is 32.0 Å². The average molecular weight is 422 g/mol. The van der Waals surface area contributed by atoms with Gasteiger partial charge in [0.25, 0.3) is 5.91 Å². The number of benzene rings is 2. The molecule has 30 heavy (non-hydrogen) atoms. The molecule has 2 unspecified atom stereocenters. The highest BCUT2D eigenvalue weighted by molar-refractivity contribution is 6.33. The minimum Gasteiger partial charge on any atom is -0.337 e. The SMILES string of the molecule is Cc1ccccc1C1CC2C(=O)N(Cc3nc(-c4ccccc4Cl)no3)C=CN2N1. The lowest BCUT2D eigenvalue weighted by Gasteiger charge is -2.30. The lowest BCUT2D eigenvalue weighted by Crippen LogP contribution is -2.47. The van der Waals surface area contributed by atoms with E-state index in [-0.39, 0.29) is 24.5 Å². The summed E-state index contributed by atoms with van der Waals surface area (Å²) < 4.78 is 5.37. The second-order valence-corrected chi connectivity index (χ2v) is 7.86. The quantitative estimate of drug-likeness (QED) is 0.690. The number of halogens is 1. The molecule has 0 bridgehead atoms. The maximum absolute atomic E-state index is 13.1. The molecule has 2 atom stereocenters. The predicted octanol–water partition coefficient (Wildman–Crippen LogP) is 3.83. The van der Waals surface area contributed by atoms with E-state index in [1.807, 2.05) is 41.5 Å². The first-order chi connectivity index (χ1) is 14.6. The van der Waals surface area contributed by atoms with Crippen molar-refractivity contribution < 1.29 is 9.32 Å². The van der Waals surface area contributed by atoms with E-state index in [0.29, 0.717) is 28.7 Å². The number of fused-ring (bicyclic) bond motifs is 1. The molecule has 2 aromatic carbocycles. The molecule has 7 nitrogen and oxygen atoms in total. The first-order valence-corrected chi connectivity index (χ1v) is 10.1. The molecule has 5 rings (SSSR count). The predicted molar refractivity (Wildman–Crippen MR) is 112 cm³/mol. The van der Waals surface area contributed by atoms with Crippen molar-refractivity contribution >= 4 is 17.5 Å². The van der Waals surface area contributed by atoms with Crippen LogP contribution in [0.25, 0.3) is 11.4 Å². The smallest absolute Gasteiger partial charge is 0.251 e. The fourth-order valence-electron chi connectivity index (χ4n) is 3.96. The minimum absolute atomic E-state index is 0.00132. The van der Waals surface area contributed by atoms with E-state index in [0.717, 1.165) is 0 Å². The number of aryl methyl sites for hydroxylation is 1. The average Bonchev–Trinajstić information content (AvgIpc) is 3.38. The number of aromatic nitrogens is 2. The number of hydrazine groups is 1. The molecule has 0 saturated carbocycles. The topological polar surface area (TPSA) is 74.5 Å². The molecular weight excluding hydrogens is 402 g/mol. The molecule has 2 aliphatic heterocycles. The van der Waals surface area contributed by atoms with Crippen molar-refractivity contribution in [3.05, 3.63) is 83.0 Å². The van der Waals surface area contributed by atoms with Crippen molar-refractivity contribution in [2.24, 2.45) is 0 Å². The third-order valence-electron chi connectivity index (χ3n) is 5.53. The second kappa shape index (κ2) is 7.59. The Morgan fingerprint density at radius 2 is 1.97 bits per heavy atom. The van der Waals surface area contributed by atoms with Gasteiger partial charge in [0.05, 0.1) is 11.1 Å². The summed E-state index contributed by atoms with van der Waals surface area (Å²) in [6, 6.07) is 15.4. The first-order valence-electron chi connectivity index (χ1n) is 9.76. The molecule has 2 aliphatic rings. The normalized spacial score (nSPS) is 20.7. The summed E-state index contributed by atoms with van der Waals surface area (Å²) in [5, 5.41) is 6.45. The number of nitrogens with one attached hydrogen (secondary N) is 1. The van der Waals surface area contributed by atoms with Crippen LogP contribution in [0.2, 0.25) is 5.02 Å². The highest BCUT2D eigenvalue weighted by Crippen LogP contribution is 2.32. The van der Waals surface area contributed by atoms with Gasteiger partial charge in [0, 0.05) is 18.0 Å². The maximum Gasteiger partial charge on any atom is 0.251 e. The molecule has 1 saturated heterocycles. The Labute approximate surface area is 178 Å². The zero-order chi connectivity index (χ0) is 20.7. The van der Waals surface area contributed by atoms with Gasteiger partial charge in [-0.15, -0.1) is 0 Å². The van der Waals surface area contributed by atoms with E-state index in [4.69, 9.17) is 16.1 Å². The molecule has 1 aromatic heterocycles. The molecule has 1 amide bonds. The second-order valence-electron chi connectivity index (χ2n) is 7.45. The lowest BCUT2D eigenvalue weighted by molar-refractivity contribution is -0.135. The molecule has 152 valence electrons. The van der Waals surface area contributed by atoms with Gasteiger partial charge >= 0.3 is 0 Å². The van der Waals surface area contributed by atoms with Crippen LogP contribution in [0.15, 0.2) is 65.5 Å². The Hall–Kier alpha value is -3.16. The van der Waals surface area contributed by atoms with E-state index in [1.165, 1.54) is 11.1 Å². The van der Waals surface area contributed by atoms with Gasteiger partial charge in [0.1, 0.15) is 12.6 Å². The van der Waals surface area contributed by atoms with Crippen LogP contribution in [0.1, 0.15) is 29.5 Å². The molecule has 0 spiro atoms. The number of hydrogen-bond donors (Lipinski definition) is 1. The van der Waals surface area contributed by atoms with Crippen LogP contribution < -0.4 is 5.43 Å². The van der Waals surface area contributed by atoms with Crippen LogP contribution in [-0.2, 0) is 11.3 Å². The minimum atomic E-state index is -0.273. The van der Waals surface area contributed by atoms with Gasteiger partial charge in [-0.05, 0) is 36.6 Å². The van der Waals surface area contributed by atoms with E-state index in [1.54, 1.807) is 17.2 Å². The fourth-order valence-corrected chi connectivity index (χ4v) is 4.19. The Morgan fingerprint density at radius 3 is 2.80 bits per heavy atom. The third kappa shape index (κ3) is 3.36. The van der Waals surface area contributed by atoms with Gasteiger partial charge in [0.15, 0.2) is 0 Å². The van der Waals surface area contributed by atoms with Gasteiger partial charge in [-0.2, -0.15) is 4.98 Å². The summed E-state index contributed by atoms with van der Waals surface area (Å²) in [6.07, 6.45) is 4.32. The van der Waals surface area contributed by atoms with Crippen LogP contribution in [0.3, 0.4) is 0 Å². The van der Waals surface area contributed by atoms with Gasteiger partial charge in [-0.3, -0.25) is 4.79 Å². The fraction of sp³-hybridized carbons (Fsp3) is 0.227. The number of hydrogen-bond acceptors (Lipinski definition) is 6. The molecule has 1 N–H and O–H groups in total. The van der Waals surface area contributed by atoms with Crippen molar-refractivity contribution in [2.75, 3.05) is 0 Å². The van der Waals surface area contributed by atoms with Crippen molar-refractivity contribution in [1.29, 1.82) is 0 Å². The highest BCUT2D eigenvalue weighted by Gasteiger charge is 2.40. The zero-order valence-electron chi connectivity index (χ0n) is 16.3. The Kier molecular flexibility index (Phi) is 4.77. The first kappa shape index (κ1) is 18.8. The van der Waals surface area contributed by atoms with Crippen molar-refractivity contribution in [2.45, 2.75) is 32.0 Å². The molecule has 3 aromatic rings. The number of carbonyl (C=O) groups excluding carboxylic acids is 1. The largest absolute Gasteiger partial charge is 0.337 e. The van der Waals surface area contributed by atoms with Gasteiger partial charge in [0.2, 0.25) is 11.7 Å². The standard InChI is InChI=1S/C22H20ClN5O2/c1-14-6-2-3-7-15(14)18-12-19-22(29)27(10-11-28(19)25-18)13-20-24-21(26-30-20)16-8-4-5-9-17(16)23/h2-11,18-19,25H,12-13H2,1H3. The maximum atomic E-state index is 13.1. The van der Waals surface area contributed by atoms with E-state index < -0.39 is 0 Å². The van der Waals surface area contributed by atoms with Gasteiger partial charge in [-0.1, -0.05) is 53.2 Å². The van der Waals surface area contributed by atoms with E-state index in [2.05, 4.69) is 34.6 Å². The summed E-state index contributed by atoms with van der Waals surface area (Å²) >= 11 is 6.21. The molecule has 3 heterocycles. The van der Waals surface area contributed by atoms with Gasteiger partial charge in [-0.25, -0.2) is 5.43 Å². The van der Waals surface area contributed by atoms with Crippen molar-refractivity contribution in [3.8, 4) is 11.4 Å². The van der Waals surface area contributed by atoms with Crippen LogP contribution >= 0.6 is 11.6 Å².